The largest absolute Gasteiger partial charge is 0.456 e. The lowest BCUT2D eigenvalue weighted by atomic mass is 9.44. The van der Waals surface area contributed by atoms with Gasteiger partial charge in [-0.3, -0.25) is 9.59 Å². The number of carbonyl (C=O) groups excluding carboxylic acids is 5. The summed E-state index contributed by atoms with van der Waals surface area (Å²) in [6, 6.07) is 15.0. The van der Waals surface area contributed by atoms with Crippen molar-refractivity contribution in [2.75, 3.05) is 13.7 Å². The number of hydrogen-bond acceptors (Lipinski definition) is 14. The Bertz CT molecular complexity index is 2120. The third kappa shape index (κ3) is 8.11. The third-order valence-electron chi connectivity index (χ3n) is 14.4. The van der Waals surface area contributed by atoms with E-state index in [2.05, 4.69) is 5.32 Å². The third-order valence-corrected chi connectivity index (χ3v) is 14.4. The Morgan fingerprint density at radius 1 is 0.937 bits per heavy atom. The molecule has 5 aliphatic rings. The number of fused-ring (bicyclic) bond motifs is 5. The number of benzene rings is 2. The van der Waals surface area contributed by atoms with Gasteiger partial charge in [0.05, 0.1) is 35.6 Å². The Hall–Kier alpha value is -4.93. The fourth-order valence-electron chi connectivity index (χ4n) is 10.8. The number of nitrogens with one attached hydrogen (secondary N) is 1. The van der Waals surface area contributed by atoms with Gasteiger partial charge in [0.15, 0.2) is 17.5 Å². The maximum atomic E-state index is 15.4. The van der Waals surface area contributed by atoms with Gasteiger partial charge >= 0.3 is 24.0 Å². The SMILES string of the molecule is CO[C@H]1C(=O)[C@@]2(C)C(C(OC(=O)c3ccccc3)[C@]3(O)C[C@H](OC(=O)[C@H](O)[C@@H](NC(=O)OC4/C=C/CCCCC4)c4ccccc4)C(C)=C1C3(C)C)[C@]1(OC(C)=O)CO[C@@H]1C[C@@H]2O. The molecule has 2 aromatic rings. The zero-order valence-electron chi connectivity index (χ0n) is 36.6. The molecule has 15 nitrogen and oxygen atoms in total. The lowest BCUT2D eigenvalue weighted by Crippen LogP contribution is -2.81. The molecule has 2 aromatic carbocycles. The average Bonchev–Trinajstić information content (AvgIpc) is 3.24. The minimum absolute atomic E-state index is 0.112. The normalized spacial score (nSPS) is 34.9. The molecule has 4 N–H and O–H groups in total. The van der Waals surface area contributed by atoms with E-state index in [1.807, 2.05) is 12.2 Å². The Morgan fingerprint density at radius 3 is 2.25 bits per heavy atom. The number of alkyl carbamates (subject to hydrolysis) is 1. The number of esters is 3. The summed E-state index contributed by atoms with van der Waals surface area (Å²) in [4.78, 5) is 70.4. The number of hydrogen-bond donors (Lipinski definition) is 4. The van der Waals surface area contributed by atoms with Gasteiger partial charge in [-0.2, -0.15) is 0 Å². The van der Waals surface area contributed by atoms with Crippen molar-refractivity contribution in [1.29, 1.82) is 0 Å². The van der Waals surface area contributed by atoms with Crippen LogP contribution in [-0.4, -0.2) is 113 Å². The van der Waals surface area contributed by atoms with Crippen LogP contribution in [-0.2, 0) is 42.8 Å². The fourth-order valence-corrected chi connectivity index (χ4v) is 10.8. The second-order valence-electron chi connectivity index (χ2n) is 18.3. The van der Waals surface area contributed by atoms with Crippen molar-refractivity contribution in [3.63, 3.8) is 0 Å². The predicted octanol–water partition coefficient (Wildman–Crippen LogP) is 5.00. The molecule has 1 heterocycles. The van der Waals surface area contributed by atoms with Gasteiger partial charge in [-0.15, -0.1) is 0 Å². The lowest BCUT2D eigenvalue weighted by Gasteiger charge is -2.67. The van der Waals surface area contributed by atoms with E-state index in [4.69, 9.17) is 28.4 Å². The second-order valence-corrected chi connectivity index (χ2v) is 18.3. The summed E-state index contributed by atoms with van der Waals surface area (Å²) in [5.74, 6) is -4.88. The average molecular weight is 874 g/mol. The molecule has 12 atom stereocenters. The Kier molecular flexibility index (Phi) is 13.1. The summed E-state index contributed by atoms with van der Waals surface area (Å²) >= 11 is 0. The van der Waals surface area contributed by atoms with Gasteiger partial charge in [0.25, 0.3) is 0 Å². The Morgan fingerprint density at radius 2 is 1.62 bits per heavy atom. The number of carbonyl (C=O) groups is 5. The first-order valence-corrected chi connectivity index (χ1v) is 21.7. The summed E-state index contributed by atoms with van der Waals surface area (Å²) in [6.45, 7) is 7.37. The maximum Gasteiger partial charge on any atom is 0.408 e. The Labute approximate surface area is 367 Å². The number of ether oxygens (including phenoxy) is 6. The van der Waals surface area contributed by atoms with Crippen LogP contribution in [0.1, 0.15) is 102 Å². The van der Waals surface area contributed by atoms with E-state index >= 15 is 4.79 Å². The van der Waals surface area contributed by atoms with Crippen LogP contribution in [0.4, 0.5) is 4.79 Å². The van der Waals surface area contributed by atoms with Gasteiger partial charge in [-0.05, 0) is 74.4 Å². The van der Waals surface area contributed by atoms with Crippen molar-refractivity contribution >= 4 is 29.8 Å². The first-order valence-electron chi connectivity index (χ1n) is 21.7. The molecule has 4 aliphatic carbocycles. The molecule has 2 bridgehead atoms. The molecule has 340 valence electrons. The fraction of sp³-hybridized carbons (Fsp3) is 0.562. The highest BCUT2D eigenvalue weighted by Crippen LogP contribution is 2.64. The Balaban J connectivity index is 1.31. The molecule has 63 heavy (non-hydrogen) atoms. The van der Waals surface area contributed by atoms with Crippen molar-refractivity contribution in [3.05, 3.63) is 95.1 Å². The standard InChI is InChI=1S/C48H59NO14/c1-27-32(61-43(55)37(52)36(29-18-12-10-13-19-29)49-44(56)60-31-22-16-8-7-9-17-23-31)25-48(57)41(62-42(54)30-20-14-11-15-21-30)39-46(5,40(53)38(58-6)35(27)45(48,3)4)33(51)24-34-47(39,26-59-34)63-28(2)50/h10-16,18-22,31-34,36-39,41,51-52,57H,7-9,17,23-26H2,1-6H3,(H,49,56)/b22-16+/t31?,32-,33-,34+,36-,37+,38+,39?,41?,46+,47-,48+/m0/s1. The van der Waals surface area contributed by atoms with Crippen LogP contribution in [0, 0.1) is 16.7 Å². The van der Waals surface area contributed by atoms with E-state index in [1.54, 1.807) is 69.3 Å². The minimum Gasteiger partial charge on any atom is -0.456 e. The summed E-state index contributed by atoms with van der Waals surface area (Å²) in [5.41, 5.74) is -6.36. The van der Waals surface area contributed by atoms with Crippen molar-refractivity contribution in [3.8, 4) is 0 Å². The van der Waals surface area contributed by atoms with Crippen molar-refractivity contribution in [2.45, 2.75) is 140 Å². The van der Waals surface area contributed by atoms with Crippen molar-refractivity contribution in [1.82, 2.24) is 5.32 Å². The summed E-state index contributed by atoms with van der Waals surface area (Å²) in [6.07, 6.45) is -2.78. The van der Waals surface area contributed by atoms with Gasteiger partial charge in [0.2, 0.25) is 0 Å². The molecule has 3 fully saturated rings. The van der Waals surface area contributed by atoms with E-state index in [9.17, 15) is 34.5 Å². The maximum absolute atomic E-state index is 15.4. The van der Waals surface area contributed by atoms with Crippen LogP contribution < -0.4 is 5.32 Å². The molecule has 0 aromatic heterocycles. The van der Waals surface area contributed by atoms with Gasteiger partial charge in [-0.25, -0.2) is 14.4 Å². The number of Topliss-reactive ketones (excluding diaryl/α,β-unsaturated/α-hetero) is 1. The van der Waals surface area contributed by atoms with Crippen LogP contribution >= 0.6 is 0 Å². The molecule has 1 amide bonds. The zero-order valence-corrected chi connectivity index (χ0v) is 36.6. The number of aliphatic hydroxyl groups excluding tert-OH is 2. The number of aliphatic hydroxyl groups is 3. The van der Waals surface area contributed by atoms with E-state index in [0.29, 0.717) is 17.6 Å². The van der Waals surface area contributed by atoms with Gasteiger partial charge in [-0.1, -0.05) is 74.9 Å². The molecule has 1 saturated heterocycles. The van der Waals surface area contributed by atoms with Crippen molar-refractivity contribution < 1.29 is 67.7 Å². The first kappa shape index (κ1) is 46.1. The van der Waals surface area contributed by atoms with Crippen LogP contribution in [0.3, 0.4) is 0 Å². The summed E-state index contributed by atoms with van der Waals surface area (Å²) in [5, 5.41) is 40.2. The molecule has 15 heteroatoms. The highest BCUT2D eigenvalue weighted by molar-refractivity contribution is 5.94. The van der Waals surface area contributed by atoms with Crippen LogP contribution in [0.25, 0.3) is 0 Å². The van der Waals surface area contributed by atoms with Gasteiger partial charge in [0, 0.05) is 32.3 Å². The highest BCUT2D eigenvalue weighted by Gasteiger charge is 2.78. The van der Waals surface area contributed by atoms with Crippen LogP contribution in [0.5, 0.6) is 0 Å². The highest BCUT2D eigenvalue weighted by atomic mass is 16.6. The van der Waals surface area contributed by atoms with E-state index in [-0.39, 0.29) is 24.2 Å². The quantitative estimate of drug-likeness (QED) is 0.141. The number of amides is 1. The van der Waals surface area contributed by atoms with Crippen LogP contribution in [0.2, 0.25) is 0 Å². The molecule has 0 radical (unpaired) electrons. The predicted molar refractivity (Wildman–Crippen MR) is 225 cm³/mol. The number of methoxy groups -OCH3 is 1. The first-order chi connectivity index (χ1) is 29.9. The molecular weight excluding hydrogens is 815 g/mol. The number of ketones is 1. The number of allylic oxidation sites excluding steroid dienone is 1. The van der Waals surface area contributed by atoms with E-state index < -0.39 is 113 Å². The molecule has 0 spiro atoms. The molecule has 3 unspecified atom stereocenters. The van der Waals surface area contributed by atoms with Gasteiger partial charge < -0.3 is 49.1 Å². The molecule has 7 rings (SSSR count). The lowest BCUT2D eigenvalue weighted by molar-refractivity contribution is -0.346. The van der Waals surface area contributed by atoms with E-state index in [0.717, 1.165) is 25.7 Å². The van der Waals surface area contributed by atoms with Gasteiger partial charge in [0.1, 0.15) is 36.1 Å². The summed E-state index contributed by atoms with van der Waals surface area (Å²) in [7, 11) is 1.30. The molecule has 1 aliphatic heterocycles. The topological polar surface area (TPSA) is 213 Å². The zero-order chi connectivity index (χ0) is 45.5. The monoisotopic (exact) mass is 873 g/mol. The van der Waals surface area contributed by atoms with Crippen LogP contribution in [0.15, 0.2) is 84.0 Å². The smallest absolute Gasteiger partial charge is 0.408 e. The van der Waals surface area contributed by atoms with E-state index in [1.165, 1.54) is 33.1 Å². The van der Waals surface area contributed by atoms with Crippen molar-refractivity contribution in [2.24, 2.45) is 16.7 Å². The molecule has 2 saturated carbocycles. The summed E-state index contributed by atoms with van der Waals surface area (Å²) < 4.78 is 36.3. The minimum atomic E-state index is -2.28. The molecular formula is C48H59NO14. The second kappa shape index (κ2) is 17.9. The number of rotatable bonds is 10.